The molecule has 0 bridgehead atoms. The Balaban J connectivity index is 1.68. The molecule has 7 heteroatoms. The van der Waals surface area contributed by atoms with Crippen molar-refractivity contribution >= 4 is 23.4 Å². The number of anilines is 1. The number of nitrogens with zero attached hydrogens (tertiary/aromatic N) is 3. The molecule has 0 aliphatic rings. The Labute approximate surface area is 194 Å². The number of amides is 1. The third-order valence-corrected chi connectivity index (χ3v) is 6.02. The van der Waals surface area contributed by atoms with Gasteiger partial charge in [-0.2, -0.15) is 0 Å². The summed E-state index contributed by atoms with van der Waals surface area (Å²) in [6.07, 6.45) is 1.48. The summed E-state index contributed by atoms with van der Waals surface area (Å²) in [6.45, 7) is 14.5. The van der Waals surface area contributed by atoms with E-state index in [9.17, 15) is 4.79 Å². The maximum absolute atomic E-state index is 12.5. The Morgan fingerprint density at radius 3 is 2.50 bits per heavy atom. The lowest BCUT2D eigenvalue weighted by molar-refractivity contribution is -0.113. The van der Waals surface area contributed by atoms with Crippen molar-refractivity contribution in [3.05, 3.63) is 77.1 Å². The molecular formula is C25H30N4O2S. The van der Waals surface area contributed by atoms with Crippen molar-refractivity contribution in [2.75, 3.05) is 11.1 Å². The van der Waals surface area contributed by atoms with Gasteiger partial charge in [-0.15, -0.1) is 16.8 Å². The molecule has 0 aliphatic carbocycles. The zero-order chi connectivity index (χ0) is 23.3. The number of rotatable bonds is 9. The van der Waals surface area contributed by atoms with E-state index in [-0.39, 0.29) is 17.8 Å². The van der Waals surface area contributed by atoms with E-state index in [1.54, 1.807) is 6.08 Å². The van der Waals surface area contributed by atoms with Gasteiger partial charge >= 0.3 is 0 Å². The quantitative estimate of drug-likeness (QED) is 0.341. The average molecular weight is 451 g/mol. The van der Waals surface area contributed by atoms with E-state index in [0.29, 0.717) is 17.5 Å². The predicted octanol–water partition coefficient (Wildman–Crippen LogP) is 5.57. The molecule has 2 aromatic carbocycles. The van der Waals surface area contributed by atoms with E-state index < -0.39 is 0 Å². The second-order valence-corrected chi connectivity index (χ2v) is 8.90. The van der Waals surface area contributed by atoms with Crippen LogP contribution in [0.3, 0.4) is 0 Å². The number of thioether (sulfide) groups is 1. The Morgan fingerprint density at radius 2 is 1.84 bits per heavy atom. The summed E-state index contributed by atoms with van der Waals surface area (Å²) in [4.78, 5) is 12.5. The number of hydrogen-bond donors (Lipinski definition) is 1. The van der Waals surface area contributed by atoms with Gasteiger partial charge in [0.1, 0.15) is 5.75 Å². The highest BCUT2D eigenvalue weighted by Crippen LogP contribution is 2.26. The molecule has 0 saturated heterocycles. The molecule has 3 aromatic rings. The third kappa shape index (κ3) is 6.01. The van der Waals surface area contributed by atoms with E-state index in [1.807, 2.05) is 69.5 Å². The third-order valence-electron chi connectivity index (χ3n) is 5.05. The van der Waals surface area contributed by atoms with Gasteiger partial charge in [-0.3, -0.25) is 9.36 Å². The normalized spacial score (nSPS) is 11.8. The lowest BCUT2D eigenvalue weighted by atomic mass is 10.1. The lowest BCUT2D eigenvalue weighted by Gasteiger charge is -2.16. The van der Waals surface area contributed by atoms with Crippen LogP contribution in [0, 0.1) is 27.7 Å². The molecular weight excluding hydrogens is 420 g/mol. The van der Waals surface area contributed by atoms with Gasteiger partial charge in [-0.25, -0.2) is 0 Å². The second-order valence-electron chi connectivity index (χ2n) is 7.96. The molecule has 1 atom stereocenters. The number of aryl methyl sites for hydroxylation is 4. The van der Waals surface area contributed by atoms with Gasteiger partial charge in [0.05, 0.1) is 5.75 Å². The molecule has 1 N–H and O–H groups in total. The van der Waals surface area contributed by atoms with Crippen LogP contribution in [0.5, 0.6) is 5.75 Å². The number of carbonyl (C=O) groups is 1. The number of aromatic nitrogens is 3. The minimum absolute atomic E-state index is 0.0903. The molecule has 1 aromatic heterocycles. The van der Waals surface area contributed by atoms with Gasteiger partial charge in [0.15, 0.2) is 17.1 Å². The Bertz CT molecular complexity index is 1100. The lowest BCUT2D eigenvalue weighted by Crippen LogP contribution is -2.15. The van der Waals surface area contributed by atoms with Crippen molar-refractivity contribution in [1.29, 1.82) is 0 Å². The molecule has 0 aliphatic heterocycles. The number of ether oxygens (including phenoxy) is 1. The van der Waals surface area contributed by atoms with Crippen LogP contribution in [0.4, 0.5) is 5.69 Å². The van der Waals surface area contributed by atoms with Gasteiger partial charge in [-0.1, -0.05) is 30.0 Å². The fourth-order valence-corrected chi connectivity index (χ4v) is 4.17. The van der Waals surface area contributed by atoms with Gasteiger partial charge in [0.25, 0.3) is 0 Å². The van der Waals surface area contributed by atoms with Gasteiger partial charge in [0, 0.05) is 12.2 Å². The van der Waals surface area contributed by atoms with Crippen molar-refractivity contribution in [2.45, 2.75) is 52.4 Å². The van der Waals surface area contributed by atoms with Gasteiger partial charge in [0.2, 0.25) is 5.91 Å². The molecule has 32 heavy (non-hydrogen) atoms. The van der Waals surface area contributed by atoms with E-state index in [1.165, 1.54) is 17.3 Å². The summed E-state index contributed by atoms with van der Waals surface area (Å²) >= 11 is 1.35. The van der Waals surface area contributed by atoms with Crippen LogP contribution in [0.25, 0.3) is 0 Å². The average Bonchev–Trinajstić information content (AvgIpc) is 3.11. The minimum Gasteiger partial charge on any atom is -0.483 e. The first-order chi connectivity index (χ1) is 15.3. The van der Waals surface area contributed by atoms with Crippen LogP contribution < -0.4 is 10.1 Å². The van der Waals surface area contributed by atoms with Crippen molar-refractivity contribution < 1.29 is 9.53 Å². The SMILES string of the molecule is C=CCn1c(SCC(=O)Nc2ccc(C)c(C)c2)nnc1C(C)Oc1cc(C)cc(C)c1. The Kier molecular flexibility index (Phi) is 7.75. The molecule has 3 rings (SSSR count). The summed E-state index contributed by atoms with van der Waals surface area (Å²) in [5, 5.41) is 12.3. The number of nitrogens with one attached hydrogen (secondary N) is 1. The maximum atomic E-state index is 12.5. The first-order valence-corrected chi connectivity index (χ1v) is 11.5. The molecule has 6 nitrogen and oxygen atoms in total. The highest BCUT2D eigenvalue weighted by atomic mass is 32.2. The summed E-state index contributed by atoms with van der Waals surface area (Å²) in [5.74, 6) is 1.63. The van der Waals surface area contributed by atoms with Crippen LogP contribution in [-0.4, -0.2) is 26.4 Å². The molecule has 0 radical (unpaired) electrons. The first-order valence-electron chi connectivity index (χ1n) is 10.6. The number of benzene rings is 2. The molecule has 0 spiro atoms. The van der Waals surface area contributed by atoms with Crippen LogP contribution in [0.15, 0.2) is 54.2 Å². The van der Waals surface area contributed by atoms with Crippen LogP contribution in [0.1, 0.15) is 41.1 Å². The standard InChI is InChI=1S/C25H30N4O2S/c1-7-10-29-24(20(6)31-22-12-16(2)11-17(3)13-22)27-28-25(29)32-15-23(30)26-21-9-8-18(4)19(5)14-21/h7-9,11-14,20H,1,10,15H2,2-6H3,(H,26,30). The Hall–Kier alpha value is -3.06. The van der Waals surface area contributed by atoms with E-state index in [4.69, 9.17) is 4.74 Å². The van der Waals surface area contributed by atoms with Crippen LogP contribution in [0.2, 0.25) is 0 Å². The smallest absolute Gasteiger partial charge is 0.234 e. The van der Waals surface area contributed by atoms with Crippen LogP contribution >= 0.6 is 11.8 Å². The summed E-state index contributed by atoms with van der Waals surface area (Å²) in [6, 6.07) is 12.0. The van der Waals surface area contributed by atoms with Crippen molar-refractivity contribution in [3.63, 3.8) is 0 Å². The van der Waals surface area contributed by atoms with E-state index >= 15 is 0 Å². The van der Waals surface area contributed by atoms with Crippen molar-refractivity contribution in [1.82, 2.24) is 14.8 Å². The molecule has 1 heterocycles. The number of allylic oxidation sites excluding steroid dienone is 1. The molecule has 0 fully saturated rings. The first kappa shape index (κ1) is 23.6. The second kappa shape index (κ2) is 10.5. The van der Waals surface area contributed by atoms with Crippen molar-refractivity contribution in [3.8, 4) is 5.75 Å². The largest absolute Gasteiger partial charge is 0.483 e. The minimum atomic E-state index is -0.303. The zero-order valence-electron chi connectivity index (χ0n) is 19.3. The monoisotopic (exact) mass is 450 g/mol. The van der Waals surface area contributed by atoms with Crippen LogP contribution in [-0.2, 0) is 11.3 Å². The highest BCUT2D eigenvalue weighted by Gasteiger charge is 2.20. The van der Waals surface area contributed by atoms with Crippen molar-refractivity contribution in [2.24, 2.45) is 0 Å². The maximum Gasteiger partial charge on any atom is 0.234 e. The number of carbonyl (C=O) groups excluding carboxylic acids is 1. The summed E-state index contributed by atoms with van der Waals surface area (Å²) < 4.78 is 8.08. The Morgan fingerprint density at radius 1 is 1.12 bits per heavy atom. The van der Waals surface area contributed by atoms with Gasteiger partial charge in [-0.05, 0) is 81.1 Å². The molecule has 1 amide bonds. The fourth-order valence-electron chi connectivity index (χ4n) is 3.41. The van der Waals surface area contributed by atoms with E-state index in [2.05, 4.69) is 28.2 Å². The molecule has 0 saturated carbocycles. The number of hydrogen-bond acceptors (Lipinski definition) is 5. The summed E-state index contributed by atoms with van der Waals surface area (Å²) in [7, 11) is 0. The molecule has 168 valence electrons. The summed E-state index contributed by atoms with van der Waals surface area (Å²) in [5.41, 5.74) is 5.42. The van der Waals surface area contributed by atoms with Gasteiger partial charge < -0.3 is 10.1 Å². The molecule has 1 unspecified atom stereocenters. The topological polar surface area (TPSA) is 69.0 Å². The van der Waals surface area contributed by atoms with E-state index in [0.717, 1.165) is 28.1 Å². The highest BCUT2D eigenvalue weighted by molar-refractivity contribution is 7.99. The predicted molar refractivity (Wildman–Crippen MR) is 130 cm³/mol. The fraction of sp³-hybridized carbons (Fsp3) is 0.320. The zero-order valence-corrected chi connectivity index (χ0v) is 20.1.